The summed E-state index contributed by atoms with van der Waals surface area (Å²) in [6, 6.07) is 13.2. The first-order chi connectivity index (χ1) is 12.3. The Bertz CT molecular complexity index is 786. The van der Waals surface area contributed by atoms with E-state index >= 15 is 0 Å². The van der Waals surface area contributed by atoms with Gasteiger partial charge in [-0.3, -0.25) is 10.1 Å². The summed E-state index contributed by atoms with van der Waals surface area (Å²) >= 11 is 5.12. The lowest BCUT2D eigenvalue weighted by atomic mass is 10.1. The van der Waals surface area contributed by atoms with Crippen LogP contribution in [0.2, 0.25) is 0 Å². The third-order valence-corrected chi connectivity index (χ3v) is 3.62. The molecule has 0 atom stereocenters. The van der Waals surface area contributed by atoms with Crippen molar-refractivity contribution in [1.82, 2.24) is 10.6 Å². The highest BCUT2D eigenvalue weighted by atomic mass is 32.1. The molecule has 7 heteroatoms. The average Bonchev–Trinajstić information content (AvgIpc) is 2.60. The van der Waals surface area contributed by atoms with Gasteiger partial charge in [-0.25, -0.2) is 4.79 Å². The third-order valence-electron chi connectivity index (χ3n) is 3.37. The lowest BCUT2D eigenvalue weighted by Gasteiger charge is -2.11. The number of hydrogen-bond donors (Lipinski definition) is 3. The fourth-order valence-electron chi connectivity index (χ4n) is 2.12. The summed E-state index contributed by atoms with van der Waals surface area (Å²) in [4.78, 5) is 23.0. The number of amides is 1. The zero-order valence-electron chi connectivity index (χ0n) is 14.5. The van der Waals surface area contributed by atoms with E-state index in [4.69, 9.17) is 22.1 Å². The molecular weight excluding hydrogens is 352 g/mol. The summed E-state index contributed by atoms with van der Waals surface area (Å²) in [7, 11) is 0. The van der Waals surface area contributed by atoms with Crippen LogP contribution in [0.3, 0.4) is 0 Å². The van der Waals surface area contributed by atoms with Gasteiger partial charge in [0.25, 0.3) is 5.91 Å². The molecule has 0 unspecified atom stereocenters. The number of nitrogens with one attached hydrogen (secondary N) is 2. The average molecular weight is 372 g/mol. The van der Waals surface area contributed by atoms with E-state index in [0.717, 1.165) is 5.56 Å². The van der Waals surface area contributed by atoms with E-state index in [0.29, 0.717) is 17.9 Å². The number of ether oxygens (including phenoxy) is 1. The molecule has 2 aromatic rings. The predicted molar refractivity (Wildman–Crippen MR) is 103 cm³/mol. The zero-order valence-corrected chi connectivity index (χ0v) is 15.3. The van der Waals surface area contributed by atoms with Gasteiger partial charge in [-0.15, -0.1) is 0 Å². The molecule has 0 aliphatic heterocycles. The second-order valence-electron chi connectivity index (χ2n) is 5.83. The van der Waals surface area contributed by atoms with E-state index in [9.17, 15) is 9.59 Å². The number of rotatable bonds is 6. The van der Waals surface area contributed by atoms with Crippen molar-refractivity contribution in [2.45, 2.75) is 26.5 Å². The van der Waals surface area contributed by atoms with Crippen molar-refractivity contribution >= 4 is 29.2 Å². The lowest BCUT2D eigenvalue weighted by molar-refractivity contribution is 0.0696. The number of carboxylic acids is 1. The van der Waals surface area contributed by atoms with E-state index in [-0.39, 0.29) is 22.7 Å². The minimum atomic E-state index is -0.975. The number of hydrogen-bond acceptors (Lipinski definition) is 4. The third kappa shape index (κ3) is 5.86. The topological polar surface area (TPSA) is 87.7 Å². The number of carbonyl (C=O) groups is 2. The molecule has 26 heavy (non-hydrogen) atoms. The molecule has 1 amide bonds. The minimum absolute atomic E-state index is 0.0658. The van der Waals surface area contributed by atoms with Crippen LogP contribution in [-0.4, -0.2) is 28.2 Å². The van der Waals surface area contributed by atoms with Crippen LogP contribution in [0.4, 0.5) is 0 Å². The number of carbonyl (C=O) groups excluding carboxylic acids is 1. The molecule has 0 bridgehead atoms. The van der Waals surface area contributed by atoms with Gasteiger partial charge in [0.15, 0.2) is 5.11 Å². The SMILES string of the molecule is CC(C)Oc1ccc(C(=O)NC(=S)NCc2ccc(C(=O)O)cc2)cc1. The second-order valence-corrected chi connectivity index (χ2v) is 6.24. The van der Waals surface area contributed by atoms with Crippen LogP contribution >= 0.6 is 12.2 Å². The largest absolute Gasteiger partial charge is 0.491 e. The maximum absolute atomic E-state index is 12.2. The van der Waals surface area contributed by atoms with Gasteiger partial charge in [0.05, 0.1) is 11.7 Å². The molecule has 136 valence electrons. The van der Waals surface area contributed by atoms with Crippen LogP contribution in [0, 0.1) is 0 Å². The molecule has 0 aromatic heterocycles. The van der Waals surface area contributed by atoms with E-state index < -0.39 is 5.97 Å². The number of carboxylic acid groups (broad SMARTS) is 1. The molecule has 0 saturated heterocycles. The highest BCUT2D eigenvalue weighted by Gasteiger charge is 2.09. The molecule has 0 aliphatic rings. The van der Waals surface area contributed by atoms with E-state index in [1.165, 1.54) is 12.1 Å². The standard InChI is InChI=1S/C19H20N2O4S/c1-12(2)25-16-9-7-14(8-10-16)17(22)21-19(26)20-11-13-3-5-15(6-4-13)18(23)24/h3-10,12H,11H2,1-2H3,(H,23,24)(H2,20,21,22,26). The van der Waals surface area contributed by atoms with Gasteiger partial charge >= 0.3 is 5.97 Å². The Morgan fingerprint density at radius 1 is 1.04 bits per heavy atom. The molecule has 2 aromatic carbocycles. The van der Waals surface area contributed by atoms with Gasteiger partial charge in [-0.1, -0.05) is 12.1 Å². The van der Waals surface area contributed by atoms with Gasteiger partial charge in [0.1, 0.15) is 5.75 Å². The van der Waals surface area contributed by atoms with Crippen molar-refractivity contribution in [2.24, 2.45) is 0 Å². The van der Waals surface area contributed by atoms with Crippen molar-refractivity contribution < 1.29 is 19.4 Å². The smallest absolute Gasteiger partial charge is 0.335 e. The molecule has 0 saturated carbocycles. The summed E-state index contributed by atoms with van der Waals surface area (Å²) in [5, 5.41) is 14.6. The van der Waals surface area contributed by atoms with Crippen molar-refractivity contribution in [3.63, 3.8) is 0 Å². The van der Waals surface area contributed by atoms with Crippen molar-refractivity contribution in [2.75, 3.05) is 0 Å². The molecule has 6 nitrogen and oxygen atoms in total. The monoisotopic (exact) mass is 372 g/mol. The van der Waals surface area contributed by atoms with Crippen LogP contribution in [0.1, 0.15) is 40.1 Å². The lowest BCUT2D eigenvalue weighted by Crippen LogP contribution is -2.38. The Morgan fingerprint density at radius 2 is 1.62 bits per heavy atom. The first-order valence-electron chi connectivity index (χ1n) is 8.03. The molecule has 0 heterocycles. The molecule has 0 aliphatic carbocycles. The highest BCUT2D eigenvalue weighted by molar-refractivity contribution is 7.80. The van der Waals surface area contributed by atoms with Crippen molar-refractivity contribution in [3.05, 3.63) is 65.2 Å². The van der Waals surface area contributed by atoms with Gasteiger partial charge in [-0.05, 0) is 68.0 Å². The van der Waals surface area contributed by atoms with Crippen LogP contribution in [-0.2, 0) is 6.54 Å². The zero-order chi connectivity index (χ0) is 19.1. The van der Waals surface area contributed by atoms with Gasteiger partial charge < -0.3 is 15.2 Å². The highest BCUT2D eigenvalue weighted by Crippen LogP contribution is 2.13. The maximum atomic E-state index is 12.2. The van der Waals surface area contributed by atoms with Gasteiger partial charge in [-0.2, -0.15) is 0 Å². The summed E-state index contributed by atoms with van der Waals surface area (Å²) in [5.74, 6) is -0.598. The van der Waals surface area contributed by atoms with E-state index in [1.807, 2.05) is 13.8 Å². The normalized spacial score (nSPS) is 10.3. The maximum Gasteiger partial charge on any atom is 0.335 e. The van der Waals surface area contributed by atoms with Crippen molar-refractivity contribution in [1.29, 1.82) is 0 Å². The Balaban J connectivity index is 1.84. The summed E-state index contributed by atoms with van der Waals surface area (Å²) in [6.07, 6.45) is 0.0658. The van der Waals surface area contributed by atoms with Gasteiger partial charge in [0, 0.05) is 12.1 Å². The van der Waals surface area contributed by atoms with Gasteiger partial charge in [0.2, 0.25) is 0 Å². The Kier molecular flexibility index (Phi) is 6.68. The summed E-state index contributed by atoms with van der Waals surface area (Å²) in [6.45, 7) is 4.24. The molecule has 0 spiro atoms. The summed E-state index contributed by atoms with van der Waals surface area (Å²) in [5.41, 5.74) is 1.53. The Hall–Kier alpha value is -2.93. The summed E-state index contributed by atoms with van der Waals surface area (Å²) < 4.78 is 5.53. The Labute approximate surface area is 157 Å². The minimum Gasteiger partial charge on any atom is -0.491 e. The van der Waals surface area contributed by atoms with Crippen LogP contribution < -0.4 is 15.4 Å². The molecule has 0 fully saturated rings. The van der Waals surface area contributed by atoms with Crippen LogP contribution in [0.25, 0.3) is 0 Å². The molecule has 3 N–H and O–H groups in total. The van der Waals surface area contributed by atoms with Crippen molar-refractivity contribution in [3.8, 4) is 5.75 Å². The quantitative estimate of drug-likeness (QED) is 0.676. The first-order valence-corrected chi connectivity index (χ1v) is 8.44. The predicted octanol–water partition coefficient (Wildman–Crippen LogP) is 2.98. The van der Waals surface area contributed by atoms with E-state index in [2.05, 4.69) is 10.6 Å². The van der Waals surface area contributed by atoms with E-state index in [1.54, 1.807) is 36.4 Å². The van der Waals surface area contributed by atoms with Crippen LogP contribution in [0.15, 0.2) is 48.5 Å². The first kappa shape index (κ1) is 19.4. The fourth-order valence-corrected chi connectivity index (χ4v) is 2.29. The number of benzene rings is 2. The molecule has 0 radical (unpaired) electrons. The molecule has 2 rings (SSSR count). The van der Waals surface area contributed by atoms with Crippen LogP contribution in [0.5, 0.6) is 5.75 Å². The second kappa shape index (κ2) is 8.96. The Morgan fingerprint density at radius 3 is 2.15 bits per heavy atom. The number of thiocarbonyl (C=S) groups is 1. The fraction of sp³-hybridized carbons (Fsp3) is 0.211. The molecular formula is C19H20N2O4S. The number of aromatic carboxylic acids is 1.